The lowest BCUT2D eigenvalue weighted by molar-refractivity contribution is 0.212. The third-order valence-corrected chi connectivity index (χ3v) is 3.94. The molecule has 0 radical (unpaired) electrons. The van der Waals surface area contributed by atoms with Crippen molar-refractivity contribution in [1.82, 2.24) is 0 Å². The molecule has 106 valence electrons. The van der Waals surface area contributed by atoms with Crippen molar-refractivity contribution < 1.29 is 9.84 Å². The fourth-order valence-corrected chi connectivity index (χ4v) is 3.20. The van der Waals surface area contributed by atoms with Crippen LogP contribution in [0.25, 0.3) is 0 Å². The second-order valence-corrected chi connectivity index (χ2v) is 6.49. The predicted octanol–water partition coefficient (Wildman–Crippen LogP) is 5.35. The van der Waals surface area contributed by atoms with Gasteiger partial charge in [-0.3, -0.25) is 0 Å². The topological polar surface area (TPSA) is 29.5 Å². The van der Waals surface area contributed by atoms with Crippen molar-refractivity contribution in [2.24, 2.45) is 0 Å². The van der Waals surface area contributed by atoms with E-state index in [1.165, 1.54) is 0 Å². The molecule has 0 aliphatic rings. The van der Waals surface area contributed by atoms with Crippen LogP contribution in [0.2, 0.25) is 5.02 Å². The molecule has 1 atom stereocenters. The Bertz CT molecular complexity index is 597. The van der Waals surface area contributed by atoms with Crippen LogP contribution in [-0.4, -0.2) is 11.7 Å². The van der Waals surface area contributed by atoms with Crippen molar-refractivity contribution in [2.45, 2.75) is 13.0 Å². The summed E-state index contributed by atoms with van der Waals surface area (Å²) in [6.45, 7) is 2.45. The molecule has 2 aromatic rings. The van der Waals surface area contributed by atoms with Crippen molar-refractivity contribution in [3.05, 3.63) is 61.5 Å². The summed E-state index contributed by atoms with van der Waals surface area (Å²) in [6, 6.07) is 10.9. The Morgan fingerprint density at radius 2 is 1.90 bits per heavy atom. The van der Waals surface area contributed by atoms with Crippen LogP contribution in [0.15, 0.2) is 45.3 Å². The van der Waals surface area contributed by atoms with E-state index in [-0.39, 0.29) is 0 Å². The third kappa shape index (κ3) is 3.76. The second kappa shape index (κ2) is 6.94. The van der Waals surface area contributed by atoms with E-state index in [2.05, 4.69) is 31.9 Å². The van der Waals surface area contributed by atoms with E-state index in [0.29, 0.717) is 28.5 Å². The Morgan fingerprint density at radius 3 is 2.55 bits per heavy atom. The Kier molecular flexibility index (Phi) is 5.49. The van der Waals surface area contributed by atoms with Crippen LogP contribution in [0, 0.1) is 0 Å². The molecule has 2 rings (SSSR count). The van der Waals surface area contributed by atoms with Crippen LogP contribution in [0.3, 0.4) is 0 Å². The van der Waals surface area contributed by atoms with E-state index in [0.717, 1.165) is 8.95 Å². The summed E-state index contributed by atoms with van der Waals surface area (Å²) in [7, 11) is 0. The third-order valence-electron chi connectivity index (χ3n) is 2.77. The molecule has 5 heteroatoms. The average Bonchev–Trinajstić information content (AvgIpc) is 2.39. The number of rotatable bonds is 4. The smallest absolute Gasteiger partial charge is 0.125 e. The molecule has 20 heavy (non-hydrogen) atoms. The van der Waals surface area contributed by atoms with Gasteiger partial charge in [-0.15, -0.1) is 0 Å². The average molecular weight is 421 g/mol. The summed E-state index contributed by atoms with van der Waals surface area (Å²) in [5, 5.41) is 11.2. The minimum absolute atomic E-state index is 0.542. The molecule has 2 nitrogen and oxygen atoms in total. The number of halogens is 3. The number of benzene rings is 2. The van der Waals surface area contributed by atoms with Crippen LogP contribution >= 0.6 is 43.5 Å². The molecule has 2 aromatic carbocycles. The SMILES string of the molecule is CCOc1ccc(Br)cc1C(O)c1cc(Cl)cc(Br)c1. The number of ether oxygens (including phenoxy) is 1. The van der Waals surface area contributed by atoms with Crippen LogP contribution in [-0.2, 0) is 0 Å². The molecule has 0 amide bonds. The Hall–Kier alpha value is -0.550. The van der Waals surface area contributed by atoms with E-state index in [9.17, 15) is 5.11 Å². The van der Waals surface area contributed by atoms with E-state index < -0.39 is 6.10 Å². The highest BCUT2D eigenvalue weighted by atomic mass is 79.9. The van der Waals surface area contributed by atoms with Gasteiger partial charge < -0.3 is 9.84 Å². The van der Waals surface area contributed by atoms with Crippen molar-refractivity contribution in [3.8, 4) is 5.75 Å². The van der Waals surface area contributed by atoms with Gasteiger partial charge in [-0.05, 0) is 48.9 Å². The number of aliphatic hydroxyl groups excluding tert-OH is 1. The number of hydrogen-bond donors (Lipinski definition) is 1. The molecule has 0 spiro atoms. The highest BCUT2D eigenvalue weighted by Gasteiger charge is 2.17. The van der Waals surface area contributed by atoms with Crippen LogP contribution in [0.5, 0.6) is 5.75 Å². The van der Waals surface area contributed by atoms with E-state index in [1.807, 2.05) is 31.2 Å². The lowest BCUT2D eigenvalue weighted by atomic mass is 10.0. The normalized spacial score (nSPS) is 12.2. The molecular weight excluding hydrogens is 407 g/mol. The molecule has 0 fully saturated rings. The van der Waals surface area contributed by atoms with Crippen LogP contribution in [0.1, 0.15) is 24.2 Å². The van der Waals surface area contributed by atoms with E-state index >= 15 is 0 Å². The zero-order valence-electron chi connectivity index (χ0n) is 10.7. The van der Waals surface area contributed by atoms with Gasteiger partial charge in [0.15, 0.2) is 0 Å². The van der Waals surface area contributed by atoms with Gasteiger partial charge in [0, 0.05) is 19.5 Å². The maximum absolute atomic E-state index is 10.6. The molecule has 0 aliphatic heterocycles. The molecule has 0 saturated heterocycles. The summed E-state index contributed by atoms with van der Waals surface area (Å²) in [5.74, 6) is 0.666. The predicted molar refractivity (Wildman–Crippen MR) is 88.5 cm³/mol. The van der Waals surface area contributed by atoms with Crippen molar-refractivity contribution in [2.75, 3.05) is 6.61 Å². The van der Waals surface area contributed by atoms with Gasteiger partial charge in [0.2, 0.25) is 0 Å². The maximum atomic E-state index is 10.6. The Labute approximate surface area is 140 Å². The zero-order valence-corrected chi connectivity index (χ0v) is 14.7. The minimum atomic E-state index is -0.802. The van der Waals surface area contributed by atoms with Crippen molar-refractivity contribution in [3.63, 3.8) is 0 Å². The number of hydrogen-bond acceptors (Lipinski definition) is 2. The molecule has 0 aliphatic carbocycles. The van der Waals surface area contributed by atoms with E-state index in [1.54, 1.807) is 12.1 Å². The zero-order chi connectivity index (χ0) is 14.7. The van der Waals surface area contributed by atoms with Crippen molar-refractivity contribution in [1.29, 1.82) is 0 Å². The Balaban J connectivity index is 2.46. The quantitative estimate of drug-likeness (QED) is 0.723. The minimum Gasteiger partial charge on any atom is -0.493 e. The summed E-state index contributed by atoms with van der Waals surface area (Å²) in [5.41, 5.74) is 1.42. The van der Waals surface area contributed by atoms with Gasteiger partial charge >= 0.3 is 0 Å². The summed E-state index contributed by atoms with van der Waals surface area (Å²) >= 11 is 12.8. The lowest BCUT2D eigenvalue weighted by Crippen LogP contribution is -2.04. The van der Waals surface area contributed by atoms with Gasteiger partial charge in [-0.2, -0.15) is 0 Å². The fourth-order valence-electron chi connectivity index (χ4n) is 1.93. The lowest BCUT2D eigenvalue weighted by Gasteiger charge is -2.17. The summed E-state index contributed by atoms with van der Waals surface area (Å²) in [4.78, 5) is 0. The molecule has 1 N–H and O–H groups in total. The molecule has 1 unspecified atom stereocenters. The molecular formula is C15H13Br2ClO2. The summed E-state index contributed by atoms with van der Waals surface area (Å²) in [6.07, 6.45) is -0.802. The standard InChI is InChI=1S/C15H13Br2ClO2/c1-2-20-14-4-3-10(16)8-13(14)15(19)9-5-11(17)7-12(18)6-9/h3-8,15,19H,2H2,1H3. The van der Waals surface area contributed by atoms with E-state index in [4.69, 9.17) is 16.3 Å². The maximum Gasteiger partial charge on any atom is 0.125 e. The highest BCUT2D eigenvalue weighted by Crippen LogP contribution is 2.34. The van der Waals surface area contributed by atoms with Crippen LogP contribution < -0.4 is 4.74 Å². The largest absolute Gasteiger partial charge is 0.493 e. The van der Waals surface area contributed by atoms with Gasteiger partial charge in [-0.1, -0.05) is 43.5 Å². The van der Waals surface area contributed by atoms with Gasteiger partial charge in [-0.25, -0.2) is 0 Å². The first-order valence-corrected chi connectivity index (χ1v) is 8.04. The van der Waals surface area contributed by atoms with Crippen molar-refractivity contribution >= 4 is 43.5 Å². The Morgan fingerprint density at radius 1 is 1.15 bits per heavy atom. The van der Waals surface area contributed by atoms with Gasteiger partial charge in [0.05, 0.1) is 6.61 Å². The molecule has 0 aromatic heterocycles. The molecule has 0 heterocycles. The monoisotopic (exact) mass is 418 g/mol. The molecule has 0 saturated carbocycles. The summed E-state index contributed by atoms with van der Waals surface area (Å²) < 4.78 is 7.28. The van der Waals surface area contributed by atoms with Gasteiger partial charge in [0.25, 0.3) is 0 Å². The van der Waals surface area contributed by atoms with Crippen LogP contribution in [0.4, 0.5) is 0 Å². The van der Waals surface area contributed by atoms with Gasteiger partial charge in [0.1, 0.15) is 11.9 Å². The first-order valence-electron chi connectivity index (χ1n) is 6.07. The highest BCUT2D eigenvalue weighted by molar-refractivity contribution is 9.10. The first-order chi connectivity index (χ1) is 9.51. The number of aliphatic hydroxyl groups is 1. The molecule has 0 bridgehead atoms. The second-order valence-electron chi connectivity index (χ2n) is 4.22. The first kappa shape index (κ1) is 15.8. The fraction of sp³-hybridized carbons (Fsp3) is 0.200.